The highest BCUT2D eigenvalue weighted by atomic mass is 15.3. The minimum absolute atomic E-state index is 0.0516. The van der Waals surface area contributed by atoms with Gasteiger partial charge in [-0.05, 0) is 58.9 Å². The summed E-state index contributed by atoms with van der Waals surface area (Å²) in [5.74, 6) is 2.01. The van der Waals surface area contributed by atoms with Crippen LogP contribution in [0.25, 0.3) is 56.6 Å². The van der Waals surface area contributed by atoms with Gasteiger partial charge in [0.2, 0.25) is 5.95 Å². The molecule has 0 radical (unpaired) electrons. The van der Waals surface area contributed by atoms with E-state index in [0.717, 1.165) is 35.3 Å². The largest absolute Gasteiger partial charge is 0.311 e. The zero-order valence-corrected chi connectivity index (χ0v) is 30.7. The number of fused-ring (bicyclic) bond motifs is 7. The molecular formula is C51H37N5. The summed E-state index contributed by atoms with van der Waals surface area (Å²) in [7, 11) is 0. The van der Waals surface area contributed by atoms with E-state index in [1.165, 1.54) is 50.0 Å². The van der Waals surface area contributed by atoms with Crippen LogP contribution in [0.1, 0.15) is 40.3 Å². The van der Waals surface area contributed by atoms with Gasteiger partial charge in [0.05, 0.1) is 17.2 Å². The zero-order valence-electron chi connectivity index (χ0n) is 30.7. The molecule has 8 aromatic rings. The Balaban J connectivity index is 1.21. The standard InChI is InChI=1S/C51H37N5/c1-6-16-34(17-7-1)38-26-30-45-43(32-38)41-28-29-42-44-33-39(35-18-8-2-9-19-35)27-31-46(44)56(48(42)47(41)55(45)40-24-14-5-15-25-40)51-53-49(36-20-10-3-11-21-36)52-50(54-51)37-22-12-4-13-23-37/h1-25,27-29,31-33,44,46H,26,30H2. The van der Waals surface area contributed by atoms with Crippen LogP contribution in [0.3, 0.4) is 0 Å². The maximum atomic E-state index is 5.35. The van der Waals surface area contributed by atoms with Crippen LogP contribution in [-0.4, -0.2) is 25.6 Å². The van der Waals surface area contributed by atoms with Crippen LogP contribution >= 0.6 is 0 Å². The summed E-state index contributed by atoms with van der Waals surface area (Å²) in [6.07, 6.45) is 11.4. The van der Waals surface area contributed by atoms with Gasteiger partial charge >= 0.3 is 0 Å². The van der Waals surface area contributed by atoms with E-state index in [1.807, 2.05) is 36.4 Å². The lowest BCUT2D eigenvalue weighted by molar-refractivity contribution is 0.730. The summed E-state index contributed by atoms with van der Waals surface area (Å²) in [6.45, 7) is 0. The number of nitrogens with zero attached hydrogens (tertiary/aromatic N) is 5. The maximum absolute atomic E-state index is 5.35. The van der Waals surface area contributed by atoms with Crippen molar-refractivity contribution in [2.24, 2.45) is 0 Å². The number of hydrogen-bond donors (Lipinski definition) is 0. The normalized spacial score (nSPS) is 16.9. The average Bonchev–Trinajstić information content (AvgIpc) is 3.80. The van der Waals surface area contributed by atoms with Gasteiger partial charge < -0.3 is 9.47 Å². The van der Waals surface area contributed by atoms with Crippen molar-refractivity contribution in [3.63, 3.8) is 0 Å². The third kappa shape index (κ3) is 5.35. The van der Waals surface area contributed by atoms with Crippen LogP contribution in [0.5, 0.6) is 0 Å². The van der Waals surface area contributed by atoms with Crippen LogP contribution in [0.15, 0.2) is 182 Å². The summed E-state index contributed by atoms with van der Waals surface area (Å²) in [4.78, 5) is 18.2. The number of para-hydroxylation sites is 1. The van der Waals surface area contributed by atoms with Crippen LogP contribution in [0.4, 0.5) is 11.6 Å². The van der Waals surface area contributed by atoms with Crippen molar-refractivity contribution in [1.29, 1.82) is 0 Å². The Morgan fingerprint density at radius 1 is 0.536 bits per heavy atom. The van der Waals surface area contributed by atoms with Gasteiger partial charge in [-0.25, -0.2) is 4.98 Å². The van der Waals surface area contributed by atoms with Gasteiger partial charge in [0, 0.05) is 39.4 Å². The van der Waals surface area contributed by atoms with Crippen molar-refractivity contribution in [1.82, 2.24) is 19.5 Å². The van der Waals surface area contributed by atoms with Crippen molar-refractivity contribution < 1.29 is 0 Å². The molecule has 0 spiro atoms. The molecule has 2 aliphatic carbocycles. The Hall–Kier alpha value is -7.11. The second-order valence-electron chi connectivity index (χ2n) is 14.7. The van der Waals surface area contributed by atoms with Gasteiger partial charge in [0.1, 0.15) is 0 Å². The summed E-state index contributed by atoms with van der Waals surface area (Å²) in [5.41, 5.74) is 14.3. The first-order valence-corrected chi connectivity index (χ1v) is 19.4. The molecule has 2 atom stereocenters. The Labute approximate surface area is 326 Å². The smallest absolute Gasteiger partial charge is 0.234 e. The quantitative estimate of drug-likeness (QED) is 0.172. The molecule has 3 heterocycles. The molecule has 5 nitrogen and oxygen atoms in total. The summed E-state index contributed by atoms with van der Waals surface area (Å²) in [5, 5.41) is 1.23. The molecule has 0 saturated heterocycles. The van der Waals surface area contributed by atoms with Crippen molar-refractivity contribution in [2.75, 3.05) is 4.90 Å². The van der Waals surface area contributed by atoms with E-state index >= 15 is 0 Å². The fourth-order valence-corrected chi connectivity index (χ4v) is 8.92. The van der Waals surface area contributed by atoms with E-state index in [-0.39, 0.29) is 12.0 Å². The van der Waals surface area contributed by atoms with E-state index in [2.05, 4.69) is 161 Å². The minimum Gasteiger partial charge on any atom is -0.311 e. The van der Waals surface area contributed by atoms with E-state index in [4.69, 9.17) is 15.0 Å². The third-order valence-corrected chi connectivity index (χ3v) is 11.5. The summed E-state index contributed by atoms with van der Waals surface area (Å²) in [6, 6.07) is 57.6. The SMILES string of the molecule is C1=CC2C(C=C1c1ccccc1)c1ccc3c4c(n(-c5ccccc5)c3c1N2c1nc(-c2ccccc2)nc(-c2ccccc2)n1)CCC(c1ccccc1)=C4. The van der Waals surface area contributed by atoms with Gasteiger partial charge in [-0.1, -0.05) is 170 Å². The molecule has 266 valence electrons. The number of benzene rings is 6. The van der Waals surface area contributed by atoms with E-state index in [1.54, 1.807) is 0 Å². The molecular weight excluding hydrogens is 683 g/mol. The molecule has 3 aliphatic rings. The van der Waals surface area contributed by atoms with E-state index in [9.17, 15) is 0 Å². The summed E-state index contributed by atoms with van der Waals surface area (Å²) >= 11 is 0. The number of allylic oxidation sites excluding steroid dienone is 3. The van der Waals surface area contributed by atoms with Gasteiger partial charge in [-0.2, -0.15) is 9.97 Å². The van der Waals surface area contributed by atoms with Crippen LogP contribution in [0, 0.1) is 0 Å². The molecule has 0 bridgehead atoms. The molecule has 0 saturated carbocycles. The van der Waals surface area contributed by atoms with Crippen molar-refractivity contribution >= 4 is 39.8 Å². The fourth-order valence-electron chi connectivity index (χ4n) is 8.92. The summed E-state index contributed by atoms with van der Waals surface area (Å²) < 4.78 is 2.52. The molecule has 2 unspecified atom stereocenters. The van der Waals surface area contributed by atoms with Crippen LogP contribution < -0.4 is 4.90 Å². The lowest BCUT2D eigenvalue weighted by atomic mass is 9.86. The van der Waals surface area contributed by atoms with E-state index in [0.29, 0.717) is 17.6 Å². The van der Waals surface area contributed by atoms with Crippen molar-refractivity contribution in [2.45, 2.75) is 24.8 Å². The second-order valence-corrected chi connectivity index (χ2v) is 14.7. The van der Waals surface area contributed by atoms with Crippen LogP contribution in [0.2, 0.25) is 0 Å². The Kier molecular flexibility index (Phi) is 7.69. The Morgan fingerprint density at radius 2 is 1.11 bits per heavy atom. The molecule has 2 aromatic heterocycles. The first-order chi connectivity index (χ1) is 27.8. The van der Waals surface area contributed by atoms with Gasteiger partial charge in [0.15, 0.2) is 11.6 Å². The predicted molar refractivity (Wildman–Crippen MR) is 229 cm³/mol. The number of hydrogen-bond acceptors (Lipinski definition) is 4. The molecule has 0 fully saturated rings. The monoisotopic (exact) mass is 719 g/mol. The highest BCUT2D eigenvalue weighted by Gasteiger charge is 2.43. The molecule has 6 aromatic carbocycles. The zero-order chi connectivity index (χ0) is 37.0. The number of aromatic nitrogens is 4. The lowest BCUT2D eigenvalue weighted by Crippen LogP contribution is -2.31. The lowest BCUT2D eigenvalue weighted by Gasteiger charge is -2.29. The molecule has 0 amide bonds. The molecule has 1 aliphatic heterocycles. The molecule has 5 heteroatoms. The van der Waals surface area contributed by atoms with Crippen molar-refractivity contribution in [3.8, 4) is 28.5 Å². The molecule has 56 heavy (non-hydrogen) atoms. The molecule has 11 rings (SSSR count). The van der Waals surface area contributed by atoms with Gasteiger partial charge in [-0.15, -0.1) is 0 Å². The third-order valence-electron chi connectivity index (χ3n) is 11.5. The van der Waals surface area contributed by atoms with Gasteiger partial charge in [-0.3, -0.25) is 0 Å². The fraction of sp³-hybridized carbons (Fsp3) is 0.0784. The average molecular weight is 720 g/mol. The Bertz CT molecular complexity index is 2780. The highest BCUT2D eigenvalue weighted by molar-refractivity contribution is 6.07. The number of anilines is 2. The first-order valence-electron chi connectivity index (χ1n) is 19.4. The highest BCUT2D eigenvalue weighted by Crippen LogP contribution is 2.54. The predicted octanol–water partition coefficient (Wildman–Crippen LogP) is 11.9. The first kappa shape index (κ1) is 32.3. The Morgan fingerprint density at radius 3 is 1.73 bits per heavy atom. The number of rotatable bonds is 6. The maximum Gasteiger partial charge on any atom is 0.234 e. The van der Waals surface area contributed by atoms with E-state index < -0.39 is 0 Å². The molecule has 0 N–H and O–H groups in total. The van der Waals surface area contributed by atoms with Gasteiger partial charge in [0.25, 0.3) is 0 Å². The van der Waals surface area contributed by atoms with Crippen LogP contribution in [-0.2, 0) is 6.42 Å². The minimum atomic E-state index is -0.0516. The topological polar surface area (TPSA) is 46.8 Å². The van der Waals surface area contributed by atoms with Crippen molar-refractivity contribution in [3.05, 3.63) is 210 Å². The second kappa shape index (κ2) is 13.3.